The molecule has 208 valence electrons. The van der Waals surface area contributed by atoms with Crippen molar-refractivity contribution in [1.82, 2.24) is 25.8 Å². The lowest BCUT2D eigenvalue weighted by molar-refractivity contribution is -0.165. The molecule has 3 fully saturated rings. The zero-order valence-electron chi connectivity index (χ0n) is 22.2. The second-order valence-electron chi connectivity index (χ2n) is 10.5. The van der Waals surface area contributed by atoms with Gasteiger partial charge in [-0.15, -0.1) is 11.3 Å². The number of nitrogens with one attached hydrogen (secondary N) is 3. The minimum atomic E-state index is -1.14. The van der Waals surface area contributed by atoms with Crippen LogP contribution < -0.4 is 20.9 Å². The molecule has 3 aliphatic rings. The molecule has 0 unspecified atom stereocenters. The Morgan fingerprint density at radius 2 is 1.77 bits per heavy atom. The maximum Gasteiger partial charge on any atom is 0.304 e. The van der Waals surface area contributed by atoms with E-state index in [1.165, 1.54) is 6.92 Å². The van der Waals surface area contributed by atoms with Gasteiger partial charge >= 0.3 is 5.97 Å². The molecule has 2 aliphatic heterocycles. The summed E-state index contributed by atoms with van der Waals surface area (Å²) in [6, 6.07) is 6.24. The molecular formula is C27H34N6O5S. The third kappa shape index (κ3) is 5.91. The summed E-state index contributed by atoms with van der Waals surface area (Å²) in [5, 5.41) is 11.2. The summed E-state index contributed by atoms with van der Waals surface area (Å²) in [5.74, 6) is -1.79. The molecule has 3 amide bonds. The molecule has 12 heteroatoms. The highest BCUT2D eigenvalue weighted by atomic mass is 32.1. The zero-order valence-corrected chi connectivity index (χ0v) is 23.0. The predicted octanol–water partition coefficient (Wildman–Crippen LogP) is 1.50. The number of rotatable bonds is 7. The summed E-state index contributed by atoms with van der Waals surface area (Å²) in [4.78, 5) is 59.4. The van der Waals surface area contributed by atoms with Gasteiger partial charge < -0.3 is 30.5 Å². The highest BCUT2D eigenvalue weighted by Gasteiger charge is 2.48. The summed E-state index contributed by atoms with van der Waals surface area (Å²) in [7, 11) is 2.12. The van der Waals surface area contributed by atoms with Crippen LogP contribution in [0.25, 0.3) is 11.3 Å². The van der Waals surface area contributed by atoms with Crippen molar-refractivity contribution < 1.29 is 23.9 Å². The van der Waals surface area contributed by atoms with Gasteiger partial charge in [-0.3, -0.25) is 19.2 Å². The van der Waals surface area contributed by atoms with Crippen LogP contribution in [0.5, 0.6) is 0 Å². The standard InChI is InChI=1S/C27H34N6O5S/c1-17(34)38-24-21(23(36)30-24)29-25(37)27(10-4-3-5-11-27)31-22(35)19-8-6-18(7-9-19)20-16-39-26(28-20)33-14-12-32(2)13-15-33/h6-9,16,21,24H,3-5,10-15H2,1-2H3,(H,29,37)(H,30,36)(H,31,35)/t21-,24+/m1/s1. The van der Waals surface area contributed by atoms with E-state index in [0.717, 1.165) is 61.8 Å². The van der Waals surface area contributed by atoms with E-state index < -0.39 is 35.6 Å². The molecule has 5 rings (SSSR count). The van der Waals surface area contributed by atoms with Gasteiger partial charge in [0.05, 0.1) is 5.69 Å². The third-order valence-corrected chi connectivity index (χ3v) is 8.55. The van der Waals surface area contributed by atoms with E-state index in [-0.39, 0.29) is 5.91 Å². The molecule has 3 heterocycles. The Kier molecular flexibility index (Phi) is 7.85. The van der Waals surface area contributed by atoms with Crippen LogP contribution in [-0.2, 0) is 19.1 Å². The molecule has 0 radical (unpaired) electrons. The van der Waals surface area contributed by atoms with Gasteiger partial charge in [0.25, 0.3) is 11.8 Å². The van der Waals surface area contributed by atoms with Crippen LogP contribution in [-0.4, -0.2) is 84.6 Å². The summed E-state index contributed by atoms with van der Waals surface area (Å²) in [5.41, 5.74) is 1.08. The summed E-state index contributed by atoms with van der Waals surface area (Å²) in [6.07, 6.45) is 2.52. The molecule has 39 heavy (non-hydrogen) atoms. The fraction of sp³-hybridized carbons (Fsp3) is 0.519. The molecule has 2 atom stereocenters. The topological polar surface area (TPSA) is 133 Å². The van der Waals surface area contributed by atoms with Crippen molar-refractivity contribution in [2.75, 3.05) is 38.1 Å². The largest absolute Gasteiger partial charge is 0.439 e. The van der Waals surface area contributed by atoms with Crippen molar-refractivity contribution >= 4 is 40.2 Å². The summed E-state index contributed by atoms with van der Waals surface area (Å²) in [6.45, 7) is 5.16. The average Bonchev–Trinajstić information content (AvgIpc) is 3.42. The molecule has 3 N–H and O–H groups in total. The number of nitrogens with zero attached hydrogens (tertiary/aromatic N) is 3. The Labute approximate surface area is 231 Å². The Morgan fingerprint density at radius 1 is 1.08 bits per heavy atom. The first-order valence-electron chi connectivity index (χ1n) is 13.3. The van der Waals surface area contributed by atoms with E-state index in [1.54, 1.807) is 23.5 Å². The van der Waals surface area contributed by atoms with E-state index in [9.17, 15) is 19.2 Å². The first kappa shape index (κ1) is 27.1. The lowest BCUT2D eigenvalue weighted by Crippen LogP contribution is -2.73. The van der Waals surface area contributed by atoms with Crippen molar-refractivity contribution in [1.29, 1.82) is 0 Å². The van der Waals surface area contributed by atoms with Crippen LogP contribution in [0.3, 0.4) is 0 Å². The van der Waals surface area contributed by atoms with Crippen molar-refractivity contribution in [3.8, 4) is 11.3 Å². The van der Waals surface area contributed by atoms with Crippen LogP contribution >= 0.6 is 11.3 Å². The van der Waals surface area contributed by atoms with Crippen molar-refractivity contribution in [2.45, 2.75) is 56.8 Å². The van der Waals surface area contributed by atoms with Gasteiger partial charge in [-0.25, -0.2) is 4.98 Å². The van der Waals surface area contributed by atoms with Crippen molar-refractivity contribution in [3.05, 3.63) is 35.2 Å². The number of esters is 1. The SMILES string of the molecule is CC(=O)O[C@@H]1NC(=O)[C@H]1NC(=O)C1(NC(=O)c2ccc(-c3csc(N4CCN(C)CC4)n3)cc2)CCCCC1. The monoisotopic (exact) mass is 554 g/mol. The number of anilines is 1. The van der Waals surface area contributed by atoms with E-state index in [4.69, 9.17) is 9.72 Å². The van der Waals surface area contributed by atoms with Gasteiger partial charge in [0, 0.05) is 49.6 Å². The molecule has 0 spiro atoms. The van der Waals surface area contributed by atoms with E-state index in [1.807, 2.05) is 17.5 Å². The maximum atomic E-state index is 13.4. The molecular weight excluding hydrogens is 520 g/mol. The molecule has 2 saturated heterocycles. The number of hydrogen-bond donors (Lipinski definition) is 3. The minimum Gasteiger partial charge on any atom is -0.439 e. The van der Waals surface area contributed by atoms with Crippen molar-refractivity contribution in [3.63, 3.8) is 0 Å². The van der Waals surface area contributed by atoms with Gasteiger partial charge in [0.2, 0.25) is 12.1 Å². The van der Waals surface area contributed by atoms with Gasteiger partial charge in [-0.1, -0.05) is 31.4 Å². The minimum absolute atomic E-state index is 0.357. The molecule has 2 aromatic rings. The lowest BCUT2D eigenvalue weighted by atomic mass is 9.80. The third-order valence-electron chi connectivity index (χ3n) is 7.65. The molecule has 1 saturated carbocycles. The van der Waals surface area contributed by atoms with Gasteiger partial charge in [-0.2, -0.15) is 0 Å². The van der Waals surface area contributed by atoms with E-state index in [2.05, 4.69) is 32.8 Å². The molecule has 1 aromatic carbocycles. The predicted molar refractivity (Wildman–Crippen MR) is 146 cm³/mol. The lowest BCUT2D eigenvalue weighted by Gasteiger charge is -2.41. The second-order valence-corrected chi connectivity index (χ2v) is 11.3. The summed E-state index contributed by atoms with van der Waals surface area (Å²) < 4.78 is 5.05. The van der Waals surface area contributed by atoms with Crippen LogP contribution in [0.2, 0.25) is 0 Å². The zero-order chi connectivity index (χ0) is 27.6. The number of hydrogen-bond acceptors (Lipinski definition) is 9. The maximum absolute atomic E-state index is 13.4. The molecule has 0 bridgehead atoms. The first-order valence-corrected chi connectivity index (χ1v) is 14.2. The first-order chi connectivity index (χ1) is 18.7. The Balaban J connectivity index is 1.25. The Bertz CT molecular complexity index is 1230. The van der Waals surface area contributed by atoms with Crippen LogP contribution in [0.1, 0.15) is 49.4 Å². The number of piperazine rings is 1. The number of thiazole rings is 1. The van der Waals surface area contributed by atoms with Gasteiger partial charge in [0.15, 0.2) is 11.2 Å². The fourth-order valence-electron chi connectivity index (χ4n) is 5.24. The van der Waals surface area contributed by atoms with E-state index >= 15 is 0 Å². The fourth-order valence-corrected chi connectivity index (χ4v) is 6.13. The van der Waals surface area contributed by atoms with Gasteiger partial charge in [-0.05, 0) is 32.0 Å². The number of ether oxygens (including phenoxy) is 1. The van der Waals surface area contributed by atoms with Crippen molar-refractivity contribution in [2.24, 2.45) is 0 Å². The summed E-state index contributed by atoms with van der Waals surface area (Å²) >= 11 is 1.62. The van der Waals surface area contributed by atoms with Gasteiger partial charge in [0.1, 0.15) is 5.54 Å². The number of β-lactam (4-membered cyclic amide) rings is 1. The molecule has 1 aromatic heterocycles. The number of carbonyl (C=O) groups is 4. The number of aromatic nitrogens is 1. The van der Waals surface area contributed by atoms with Crippen LogP contribution in [0.15, 0.2) is 29.6 Å². The second kappa shape index (κ2) is 11.3. The number of carbonyl (C=O) groups excluding carboxylic acids is 4. The molecule has 1 aliphatic carbocycles. The van der Waals surface area contributed by atoms with E-state index in [0.29, 0.717) is 18.4 Å². The van der Waals surface area contributed by atoms with Crippen LogP contribution in [0.4, 0.5) is 5.13 Å². The number of likely N-dealkylation sites (N-methyl/N-ethyl adjacent to an activating group) is 1. The van der Waals surface area contributed by atoms with Crippen LogP contribution in [0, 0.1) is 0 Å². The highest BCUT2D eigenvalue weighted by molar-refractivity contribution is 7.14. The normalized spacial score (nSPS) is 22.8. The quantitative estimate of drug-likeness (QED) is 0.347. The average molecular weight is 555 g/mol. The number of benzene rings is 1. The number of amides is 3. The Hall–Kier alpha value is -3.51. The molecule has 11 nitrogen and oxygen atoms in total. The smallest absolute Gasteiger partial charge is 0.304 e. The Morgan fingerprint density at radius 3 is 2.41 bits per heavy atom. The highest BCUT2D eigenvalue weighted by Crippen LogP contribution is 2.31.